The molecule has 1 atom stereocenters. The van der Waals surface area contributed by atoms with Gasteiger partial charge in [0, 0.05) is 39.3 Å². The Kier molecular flexibility index (Phi) is 9.79. The fourth-order valence-corrected chi connectivity index (χ4v) is 3.79. The van der Waals surface area contributed by atoms with Crippen molar-refractivity contribution >= 4 is 5.69 Å². The van der Waals surface area contributed by atoms with E-state index in [4.69, 9.17) is 15.2 Å². The lowest BCUT2D eigenvalue weighted by molar-refractivity contribution is 0.172. The summed E-state index contributed by atoms with van der Waals surface area (Å²) in [6.45, 7) is 7.24. The largest absolute Gasteiger partial charge is 0.491 e. The van der Waals surface area contributed by atoms with Crippen molar-refractivity contribution in [2.45, 2.75) is 45.8 Å². The van der Waals surface area contributed by atoms with Gasteiger partial charge in [0.1, 0.15) is 5.75 Å². The lowest BCUT2D eigenvalue weighted by Gasteiger charge is -2.28. The van der Waals surface area contributed by atoms with Crippen molar-refractivity contribution < 1.29 is 9.47 Å². The molecule has 0 fully saturated rings. The van der Waals surface area contributed by atoms with Crippen LogP contribution >= 0.6 is 0 Å². The van der Waals surface area contributed by atoms with Crippen LogP contribution in [0.3, 0.4) is 0 Å². The van der Waals surface area contributed by atoms with Gasteiger partial charge in [-0.2, -0.15) is 0 Å². The molecule has 3 rings (SSSR count). The van der Waals surface area contributed by atoms with Gasteiger partial charge in [0.2, 0.25) is 0 Å². The van der Waals surface area contributed by atoms with Gasteiger partial charge in [-0.3, -0.25) is 0 Å². The van der Waals surface area contributed by atoms with Crippen LogP contribution in [-0.2, 0) is 24.2 Å². The number of methoxy groups -OCH3 is 1. The molecule has 0 radical (unpaired) electrons. The molecule has 0 aliphatic carbocycles. The topological polar surface area (TPSA) is 47.7 Å². The normalized spacial score (nSPS) is 12.0. The van der Waals surface area contributed by atoms with Gasteiger partial charge in [0.05, 0.1) is 12.3 Å². The molecule has 4 heteroatoms. The number of benzene rings is 3. The Morgan fingerprint density at radius 1 is 0.788 bits per heavy atom. The van der Waals surface area contributed by atoms with Crippen LogP contribution in [0.4, 0.5) is 5.69 Å². The number of rotatable bonds is 13. The van der Waals surface area contributed by atoms with Gasteiger partial charge < -0.3 is 20.1 Å². The van der Waals surface area contributed by atoms with Crippen molar-refractivity contribution in [2.24, 2.45) is 11.7 Å². The summed E-state index contributed by atoms with van der Waals surface area (Å²) < 4.78 is 11.5. The molecule has 176 valence electrons. The minimum Gasteiger partial charge on any atom is -0.491 e. The Morgan fingerprint density at radius 2 is 1.39 bits per heavy atom. The average Bonchev–Trinajstić information content (AvgIpc) is 2.83. The Labute approximate surface area is 199 Å². The predicted molar refractivity (Wildman–Crippen MR) is 138 cm³/mol. The van der Waals surface area contributed by atoms with Crippen LogP contribution in [0.2, 0.25) is 0 Å². The quantitative estimate of drug-likeness (QED) is 0.335. The summed E-state index contributed by atoms with van der Waals surface area (Å²) >= 11 is 0. The maximum absolute atomic E-state index is 6.37. The molecule has 3 aromatic rings. The maximum Gasteiger partial charge on any atom is 0.142 e. The molecule has 0 amide bonds. The predicted octanol–water partition coefficient (Wildman–Crippen LogP) is 5.83. The van der Waals surface area contributed by atoms with E-state index in [1.807, 2.05) is 0 Å². The molecular weight excluding hydrogens is 408 g/mol. The number of hydrogen-bond donors (Lipinski definition) is 1. The third-order valence-electron chi connectivity index (χ3n) is 5.88. The zero-order chi connectivity index (χ0) is 23.5. The Bertz CT molecular complexity index is 903. The van der Waals surface area contributed by atoms with Crippen molar-refractivity contribution in [3.8, 4) is 5.75 Å². The first-order chi connectivity index (χ1) is 16.1. The fraction of sp³-hybridized carbons (Fsp3) is 0.379. The van der Waals surface area contributed by atoms with Crippen molar-refractivity contribution in [1.82, 2.24) is 0 Å². The van der Waals surface area contributed by atoms with Crippen molar-refractivity contribution in [2.75, 3.05) is 25.2 Å². The third-order valence-corrected chi connectivity index (χ3v) is 5.88. The lowest BCUT2D eigenvalue weighted by atomic mass is 9.97. The molecular formula is C29H38N2O2. The van der Waals surface area contributed by atoms with E-state index >= 15 is 0 Å². The zero-order valence-corrected chi connectivity index (χ0v) is 20.2. The van der Waals surface area contributed by atoms with Gasteiger partial charge in [-0.1, -0.05) is 80.6 Å². The highest BCUT2D eigenvalue weighted by Gasteiger charge is 2.17. The van der Waals surface area contributed by atoms with Crippen LogP contribution in [0.25, 0.3) is 0 Å². The second-order valence-electron chi connectivity index (χ2n) is 8.94. The first kappa shape index (κ1) is 24.8. The first-order valence-corrected chi connectivity index (χ1v) is 11.9. The van der Waals surface area contributed by atoms with Crippen LogP contribution in [0, 0.1) is 5.92 Å². The van der Waals surface area contributed by atoms with Crippen molar-refractivity contribution in [3.05, 3.63) is 95.6 Å². The van der Waals surface area contributed by atoms with Gasteiger partial charge in [-0.15, -0.1) is 0 Å². The summed E-state index contributed by atoms with van der Waals surface area (Å²) in [6, 6.07) is 27.9. The van der Waals surface area contributed by atoms with E-state index in [0.717, 1.165) is 37.4 Å². The van der Waals surface area contributed by atoms with Crippen LogP contribution in [0.15, 0.2) is 78.9 Å². The molecule has 33 heavy (non-hydrogen) atoms. The highest BCUT2D eigenvalue weighted by atomic mass is 16.5. The fourth-order valence-electron chi connectivity index (χ4n) is 3.79. The van der Waals surface area contributed by atoms with Crippen LogP contribution in [0.1, 0.15) is 37.0 Å². The second kappa shape index (κ2) is 13.0. The molecule has 0 aromatic heterocycles. The number of nitrogens with zero attached hydrogens (tertiary/aromatic N) is 1. The van der Waals surface area contributed by atoms with E-state index < -0.39 is 0 Å². The second-order valence-corrected chi connectivity index (χ2v) is 8.94. The molecule has 2 N–H and O–H groups in total. The van der Waals surface area contributed by atoms with Crippen molar-refractivity contribution in [1.29, 1.82) is 0 Å². The summed E-state index contributed by atoms with van der Waals surface area (Å²) in [5.41, 5.74) is 11.2. The van der Waals surface area contributed by atoms with E-state index in [1.165, 1.54) is 16.7 Å². The Hall–Kier alpha value is -2.82. The molecule has 4 nitrogen and oxygen atoms in total. The van der Waals surface area contributed by atoms with Crippen LogP contribution < -0.4 is 15.4 Å². The highest BCUT2D eigenvalue weighted by molar-refractivity contribution is 5.60. The summed E-state index contributed by atoms with van der Waals surface area (Å²) in [6.07, 6.45) is 1.69. The average molecular weight is 447 g/mol. The zero-order valence-electron chi connectivity index (χ0n) is 20.2. The van der Waals surface area contributed by atoms with Gasteiger partial charge in [0.15, 0.2) is 0 Å². The van der Waals surface area contributed by atoms with Crippen LogP contribution in [-0.4, -0.2) is 26.4 Å². The van der Waals surface area contributed by atoms with E-state index in [1.54, 1.807) is 7.11 Å². The first-order valence-electron chi connectivity index (χ1n) is 11.9. The summed E-state index contributed by atoms with van der Waals surface area (Å²) in [7, 11) is 1.72. The molecule has 0 bridgehead atoms. The Balaban J connectivity index is 1.92. The van der Waals surface area contributed by atoms with Gasteiger partial charge >= 0.3 is 0 Å². The number of ether oxygens (including phenoxy) is 2. The molecule has 0 aliphatic heterocycles. The maximum atomic E-state index is 6.37. The van der Waals surface area contributed by atoms with Crippen molar-refractivity contribution in [3.63, 3.8) is 0 Å². The molecule has 3 aromatic carbocycles. The SMILES string of the molecule is COCCCOc1cc(CC(N)C(C)C)ccc1N(Cc1ccccc1)Cc1ccccc1. The standard InChI is InChI=1S/C29H38N2O2/c1-23(2)27(30)19-26-15-16-28(29(20-26)33-18-10-17-32-3)31(21-24-11-6-4-7-12-24)22-25-13-8-5-9-14-25/h4-9,11-16,20,23,27H,10,17-19,21-22,30H2,1-3H3. The third kappa shape index (κ3) is 7.92. The monoisotopic (exact) mass is 446 g/mol. The highest BCUT2D eigenvalue weighted by Crippen LogP contribution is 2.33. The van der Waals surface area contributed by atoms with E-state index in [0.29, 0.717) is 19.1 Å². The van der Waals surface area contributed by atoms with E-state index in [9.17, 15) is 0 Å². The lowest BCUT2D eigenvalue weighted by Crippen LogP contribution is -2.28. The number of anilines is 1. The molecule has 0 saturated carbocycles. The molecule has 1 unspecified atom stereocenters. The number of hydrogen-bond acceptors (Lipinski definition) is 4. The molecule has 0 aliphatic rings. The van der Waals surface area contributed by atoms with E-state index in [2.05, 4.69) is 97.6 Å². The smallest absolute Gasteiger partial charge is 0.142 e. The minimum absolute atomic E-state index is 0.127. The van der Waals surface area contributed by atoms with Gasteiger partial charge in [0.25, 0.3) is 0 Å². The van der Waals surface area contributed by atoms with Gasteiger partial charge in [-0.05, 0) is 41.2 Å². The summed E-state index contributed by atoms with van der Waals surface area (Å²) in [5.74, 6) is 1.34. The van der Waals surface area contributed by atoms with Gasteiger partial charge in [-0.25, -0.2) is 0 Å². The molecule has 0 saturated heterocycles. The molecule has 0 spiro atoms. The summed E-state index contributed by atoms with van der Waals surface area (Å²) in [4.78, 5) is 2.39. The van der Waals surface area contributed by atoms with Crippen LogP contribution in [0.5, 0.6) is 5.75 Å². The minimum atomic E-state index is 0.127. The Morgan fingerprint density at radius 3 is 1.94 bits per heavy atom. The molecule has 0 heterocycles. The number of nitrogens with two attached hydrogens (primary N) is 1. The summed E-state index contributed by atoms with van der Waals surface area (Å²) in [5, 5.41) is 0. The van der Waals surface area contributed by atoms with E-state index in [-0.39, 0.29) is 6.04 Å².